The van der Waals surface area contributed by atoms with Gasteiger partial charge < -0.3 is 5.73 Å². The van der Waals surface area contributed by atoms with Crippen LogP contribution in [0.15, 0.2) is 63.5 Å². The highest BCUT2D eigenvalue weighted by Crippen LogP contribution is 2.34. The summed E-state index contributed by atoms with van der Waals surface area (Å²) in [6.45, 7) is 0. The van der Waals surface area contributed by atoms with Gasteiger partial charge in [-0.2, -0.15) is 10.2 Å². The molecule has 0 amide bonds. The zero-order valence-electron chi connectivity index (χ0n) is 10.9. The van der Waals surface area contributed by atoms with Crippen molar-refractivity contribution in [2.75, 3.05) is 5.73 Å². The van der Waals surface area contributed by atoms with Crippen LogP contribution in [0.2, 0.25) is 0 Å². The summed E-state index contributed by atoms with van der Waals surface area (Å²) in [6, 6.07) is 11.3. The number of nitrogen functional groups attached to an aromatic ring is 1. The highest BCUT2D eigenvalue weighted by atomic mass is 79.9. The van der Waals surface area contributed by atoms with E-state index >= 15 is 0 Å². The summed E-state index contributed by atoms with van der Waals surface area (Å²) in [7, 11) is 0. The second kappa shape index (κ2) is 5.84. The summed E-state index contributed by atoms with van der Waals surface area (Å²) in [4.78, 5) is 4.12. The normalized spacial score (nSPS) is 11.1. The number of hydrogen-bond donors (Lipinski definition) is 2. The van der Waals surface area contributed by atoms with Crippen molar-refractivity contribution in [1.82, 2.24) is 15.2 Å². The lowest BCUT2D eigenvalue weighted by atomic mass is 10.2. The Morgan fingerprint density at radius 3 is 2.67 bits per heavy atom. The van der Waals surface area contributed by atoms with E-state index in [1.54, 1.807) is 12.4 Å². The minimum absolute atomic E-state index is 0.296. The van der Waals surface area contributed by atoms with Crippen LogP contribution in [0, 0.1) is 0 Å². The largest absolute Gasteiger partial charge is 0.380 e. The summed E-state index contributed by atoms with van der Waals surface area (Å²) >= 11 is 3.38. The molecule has 7 heteroatoms. The second-order valence-corrected chi connectivity index (χ2v) is 5.18. The smallest absolute Gasteiger partial charge is 0.173 e. The summed E-state index contributed by atoms with van der Waals surface area (Å²) in [5.41, 5.74) is 8.61. The lowest BCUT2D eigenvalue weighted by Crippen LogP contribution is -1.83. The fraction of sp³-hybridized carbons (Fsp3) is 0. The molecule has 104 valence electrons. The molecule has 0 radical (unpaired) electrons. The van der Waals surface area contributed by atoms with Gasteiger partial charge in [0.15, 0.2) is 11.5 Å². The molecule has 0 bridgehead atoms. The zero-order chi connectivity index (χ0) is 14.7. The number of rotatable bonds is 3. The highest BCUT2D eigenvalue weighted by Gasteiger charge is 2.13. The van der Waals surface area contributed by atoms with Crippen LogP contribution in [-0.4, -0.2) is 15.2 Å². The van der Waals surface area contributed by atoms with E-state index in [0.29, 0.717) is 17.2 Å². The molecule has 6 nitrogen and oxygen atoms in total. The first-order valence-electron chi connectivity index (χ1n) is 6.15. The molecule has 3 aromatic rings. The van der Waals surface area contributed by atoms with Crippen LogP contribution in [0.5, 0.6) is 0 Å². The minimum atomic E-state index is 0.296. The van der Waals surface area contributed by atoms with Crippen LogP contribution in [-0.2, 0) is 0 Å². The summed E-state index contributed by atoms with van der Waals surface area (Å²) in [6.07, 6.45) is 3.41. The third-order valence-corrected chi connectivity index (χ3v) is 3.22. The van der Waals surface area contributed by atoms with Crippen LogP contribution < -0.4 is 5.73 Å². The van der Waals surface area contributed by atoms with E-state index in [-0.39, 0.29) is 0 Å². The molecule has 3 N–H and O–H groups in total. The molecule has 0 saturated carbocycles. The molecule has 3 rings (SSSR count). The average Bonchev–Trinajstić information content (AvgIpc) is 2.87. The van der Waals surface area contributed by atoms with Crippen molar-refractivity contribution in [1.29, 1.82) is 0 Å². The Morgan fingerprint density at radius 2 is 1.90 bits per heavy atom. The van der Waals surface area contributed by atoms with Crippen LogP contribution >= 0.6 is 15.9 Å². The summed E-state index contributed by atoms with van der Waals surface area (Å²) < 4.78 is 0.860. The number of aromatic amines is 1. The first kappa shape index (κ1) is 13.4. The number of nitrogens with two attached hydrogens (primary N) is 1. The number of H-pyrrole nitrogens is 1. The van der Waals surface area contributed by atoms with Gasteiger partial charge in [0.2, 0.25) is 0 Å². The molecule has 2 heterocycles. The molecule has 21 heavy (non-hydrogen) atoms. The van der Waals surface area contributed by atoms with Gasteiger partial charge in [-0.3, -0.25) is 10.1 Å². The van der Waals surface area contributed by atoms with E-state index < -0.39 is 0 Å². The molecule has 0 fully saturated rings. The van der Waals surface area contributed by atoms with E-state index in [0.717, 1.165) is 15.7 Å². The molecule has 0 atom stereocenters. The van der Waals surface area contributed by atoms with E-state index in [4.69, 9.17) is 5.73 Å². The minimum Gasteiger partial charge on any atom is -0.380 e. The summed E-state index contributed by atoms with van der Waals surface area (Å²) in [5, 5.41) is 15.2. The van der Waals surface area contributed by atoms with E-state index in [1.165, 1.54) is 0 Å². The Hall–Kier alpha value is -2.54. The van der Waals surface area contributed by atoms with Crippen molar-refractivity contribution < 1.29 is 0 Å². The maximum Gasteiger partial charge on any atom is 0.173 e. The van der Waals surface area contributed by atoms with Gasteiger partial charge in [0.25, 0.3) is 0 Å². The predicted octanol–water partition coefficient (Wildman–Crippen LogP) is 4.23. The van der Waals surface area contributed by atoms with Crippen LogP contribution in [0.3, 0.4) is 0 Å². The zero-order valence-corrected chi connectivity index (χ0v) is 12.4. The third-order valence-electron chi connectivity index (χ3n) is 2.78. The van der Waals surface area contributed by atoms with Crippen molar-refractivity contribution >= 4 is 33.1 Å². The molecule has 0 saturated heterocycles. The maximum absolute atomic E-state index is 5.85. The molecule has 1 aromatic carbocycles. The number of nitrogens with one attached hydrogen (secondary N) is 1. The number of nitrogens with zero attached hydrogens (tertiary/aromatic N) is 4. The molecule has 0 spiro atoms. The molecule has 0 aliphatic heterocycles. The van der Waals surface area contributed by atoms with Crippen LogP contribution in [0.4, 0.5) is 17.2 Å². The van der Waals surface area contributed by atoms with Crippen LogP contribution in [0.25, 0.3) is 11.3 Å². The van der Waals surface area contributed by atoms with E-state index in [9.17, 15) is 0 Å². The first-order chi connectivity index (χ1) is 10.2. The lowest BCUT2D eigenvalue weighted by molar-refractivity contribution is 1.10. The van der Waals surface area contributed by atoms with Crippen molar-refractivity contribution in [2.45, 2.75) is 0 Å². The topological polar surface area (TPSA) is 92.3 Å². The van der Waals surface area contributed by atoms with Gasteiger partial charge in [0.1, 0.15) is 0 Å². The fourth-order valence-corrected chi connectivity index (χ4v) is 2.17. The maximum atomic E-state index is 5.85. The van der Waals surface area contributed by atoms with Gasteiger partial charge in [-0.05, 0) is 34.1 Å². The molecule has 2 aromatic heterocycles. The average molecular weight is 343 g/mol. The SMILES string of the molecule is Nc1n[nH]c(-c2cncc(Br)c2)c1N=Nc1ccccc1. The molecule has 0 unspecified atom stereocenters. The molecule has 0 aliphatic rings. The van der Waals surface area contributed by atoms with E-state index in [2.05, 4.69) is 41.3 Å². The highest BCUT2D eigenvalue weighted by molar-refractivity contribution is 9.10. The predicted molar refractivity (Wildman–Crippen MR) is 84.5 cm³/mol. The van der Waals surface area contributed by atoms with E-state index in [1.807, 2.05) is 36.4 Å². The molecule has 0 aliphatic carbocycles. The van der Waals surface area contributed by atoms with Gasteiger partial charge in [-0.1, -0.05) is 18.2 Å². The first-order valence-corrected chi connectivity index (χ1v) is 6.95. The Balaban J connectivity index is 2.00. The standard InChI is InChI=1S/C14H11BrN6/c15-10-6-9(7-17-8-10)12-13(14(16)21-19-12)20-18-11-4-2-1-3-5-11/h1-8H,(H3,16,19,21). The number of halogens is 1. The van der Waals surface area contributed by atoms with Gasteiger partial charge in [0.05, 0.1) is 11.4 Å². The monoisotopic (exact) mass is 342 g/mol. The number of hydrogen-bond acceptors (Lipinski definition) is 5. The van der Waals surface area contributed by atoms with Crippen molar-refractivity contribution in [3.8, 4) is 11.3 Å². The van der Waals surface area contributed by atoms with Crippen molar-refractivity contribution in [2.24, 2.45) is 10.2 Å². The van der Waals surface area contributed by atoms with Crippen molar-refractivity contribution in [3.05, 3.63) is 53.3 Å². The number of anilines is 1. The Labute approximate surface area is 129 Å². The lowest BCUT2D eigenvalue weighted by Gasteiger charge is -1.99. The Bertz CT molecular complexity index is 781. The van der Waals surface area contributed by atoms with Gasteiger partial charge in [-0.15, -0.1) is 5.11 Å². The van der Waals surface area contributed by atoms with Gasteiger partial charge in [-0.25, -0.2) is 0 Å². The Kier molecular flexibility index (Phi) is 3.74. The number of aromatic nitrogens is 3. The third kappa shape index (κ3) is 2.97. The van der Waals surface area contributed by atoms with Gasteiger partial charge in [0, 0.05) is 22.4 Å². The second-order valence-electron chi connectivity index (χ2n) is 4.26. The number of azo groups is 1. The Morgan fingerprint density at radius 1 is 1.10 bits per heavy atom. The number of pyridine rings is 1. The van der Waals surface area contributed by atoms with Crippen LogP contribution in [0.1, 0.15) is 0 Å². The fourth-order valence-electron chi connectivity index (χ4n) is 1.80. The van der Waals surface area contributed by atoms with Gasteiger partial charge >= 0.3 is 0 Å². The summed E-state index contributed by atoms with van der Waals surface area (Å²) in [5.74, 6) is 0.296. The molecular weight excluding hydrogens is 332 g/mol. The molecular formula is C14H11BrN6. The number of benzene rings is 1. The quantitative estimate of drug-likeness (QED) is 0.697. The van der Waals surface area contributed by atoms with Crippen molar-refractivity contribution in [3.63, 3.8) is 0 Å².